The molecule has 0 radical (unpaired) electrons. The molecule has 6 heteroatoms. The molecule has 0 saturated carbocycles. The van der Waals surface area contributed by atoms with E-state index in [0.717, 1.165) is 18.0 Å². The van der Waals surface area contributed by atoms with E-state index in [2.05, 4.69) is 21.5 Å². The fraction of sp³-hybridized carbons (Fsp3) is 0.294. The topological polar surface area (TPSA) is 70.7 Å². The van der Waals surface area contributed by atoms with E-state index >= 15 is 0 Å². The van der Waals surface area contributed by atoms with Crippen molar-refractivity contribution < 1.29 is 4.79 Å². The van der Waals surface area contributed by atoms with Crippen LogP contribution in [0.25, 0.3) is 0 Å². The molecule has 1 aromatic carbocycles. The second kappa shape index (κ2) is 7.28. The van der Waals surface area contributed by atoms with Crippen LogP contribution in [0.1, 0.15) is 34.5 Å². The van der Waals surface area contributed by atoms with E-state index in [9.17, 15) is 4.79 Å². The molecule has 3 rings (SSSR count). The van der Waals surface area contributed by atoms with Gasteiger partial charge in [-0.05, 0) is 55.7 Å². The number of piperidine rings is 1. The molecule has 1 amide bonds. The zero-order valence-electron chi connectivity index (χ0n) is 12.9. The summed E-state index contributed by atoms with van der Waals surface area (Å²) in [5, 5.41) is 5.31. The van der Waals surface area contributed by atoms with Crippen LogP contribution in [0.3, 0.4) is 0 Å². The number of amides is 1. The van der Waals surface area contributed by atoms with Crippen molar-refractivity contribution in [3.05, 3.63) is 46.8 Å². The van der Waals surface area contributed by atoms with Gasteiger partial charge in [-0.15, -0.1) is 11.3 Å². The van der Waals surface area contributed by atoms with Gasteiger partial charge in [0, 0.05) is 29.2 Å². The van der Waals surface area contributed by atoms with Crippen LogP contribution in [0, 0.1) is 0 Å². The standard InChI is InChI=1S/C17H20N4OS/c18-14-6-4-13(5-7-14)17(22)20-19-12-15-8-9-16(23-15)21-10-2-1-3-11-21/h4-9,12H,1-3,10-11,18H2,(H,20,22)/b19-12+. The number of nitrogen functional groups attached to an aromatic ring is 1. The summed E-state index contributed by atoms with van der Waals surface area (Å²) in [7, 11) is 0. The zero-order valence-corrected chi connectivity index (χ0v) is 13.7. The number of thiophene rings is 1. The Morgan fingerprint density at radius 3 is 2.61 bits per heavy atom. The predicted molar refractivity (Wildman–Crippen MR) is 96.3 cm³/mol. The maximum atomic E-state index is 11.9. The van der Waals surface area contributed by atoms with Gasteiger partial charge in [0.15, 0.2) is 0 Å². The molecule has 1 saturated heterocycles. The summed E-state index contributed by atoms with van der Waals surface area (Å²) < 4.78 is 0. The van der Waals surface area contributed by atoms with Crippen LogP contribution < -0.4 is 16.1 Å². The number of anilines is 2. The number of rotatable bonds is 4. The van der Waals surface area contributed by atoms with E-state index in [-0.39, 0.29) is 5.91 Å². The number of carbonyl (C=O) groups is 1. The summed E-state index contributed by atoms with van der Waals surface area (Å²) in [6, 6.07) is 10.9. The van der Waals surface area contributed by atoms with Crippen LogP contribution in [0.15, 0.2) is 41.5 Å². The number of nitrogens with one attached hydrogen (secondary N) is 1. The van der Waals surface area contributed by atoms with Gasteiger partial charge in [0.05, 0.1) is 11.2 Å². The minimum Gasteiger partial charge on any atom is -0.399 e. The Bertz CT molecular complexity index is 687. The smallest absolute Gasteiger partial charge is 0.271 e. The maximum absolute atomic E-state index is 11.9. The highest BCUT2D eigenvalue weighted by Crippen LogP contribution is 2.27. The van der Waals surface area contributed by atoms with Crippen molar-refractivity contribution in [3.8, 4) is 0 Å². The quantitative estimate of drug-likeness (QED) is 0.515. The normalized spacial score (nSPS) is 15.0. The van der Waals surface area contributed by atoms with Gasteiger partial charge >= 0.3 is 0 Å². The minimum absolute atomic E-state index is 0.242. The molecule has 3 N–H and O–H groups in total. The van der Waals surface area contributed by atoms with Gasteiger partial charge < -0.3 is 10.6 Å². The van der Waals surface area contributed by atoms with Crippen molar-refractivity contribution in [1.29, 1.82) is 0 Å². The summed E-state index contributed by atoms with van der Waals surface area (Å²) in [5.41, 5.74) is 9.31. The van der Waals surface area contributed by atoms with E-state index in [1.165, 1.54) is 24.3 Å². The van der Waals surface area contributed by atoms with Crippen LogP contribution >= 0.6 is 11.3 Å². The first-order chi connectivity index (χ1) is 11.2. The van der Waals surface area contributed by atoms with Gasteiger partial charge in [-0.3, -0.25) is 4.79 Å². The minimum atomic E-state index is -0.242. The lowest BCUT2D eigenvalue weighted by atomic mass is 10.1. The SMILES string of the molecule is Nc1ccc(C(=O)N/N=C/c2ccc(N3CCCCC3)s2)cc1. The molecule has 23 heavy (non-hydrogen) atoms. The van der Waals surface area contributed by atoms with Crippen LogP contribution in [-0.4, -0.2) is 25.2 Å². The lowest BCUT2D eigenvalue weighted by Crippen LogP contribution is -2.28. The monoisotopic (exact) mass is 328 g/mol. The van der Waals surface area contributed by atoms with E-state index in [1.807, 2.05) is 6.07 Å². The zero-order chi connectivity index (χ0) is 16.1. The average Bonchev–Trinajstić information content (AvgIpc) is 3.05. The highest BCUT2D eigenvalue weighted by Gasteiger charge is 2.12. The fourth-order valence-corrected chi connectivity index (χ4v) is 3.48. The molecule has 0 unspecified atom stereocenters. The number of hydrogen-bond donors (Lipinski definition) is 2. The van der Waals surface area contributed by atoms with Gasteiger partial charge in [0.2, 0.25) is 0 Å². The van der Waals surface area contributed by atoms with Crippen molar-refractivity contribution in [3.63, 3.8) is 0 Å². The molecule has 1 aliphatic rings. The molecule has 0 atom stereocenters. The summed E-state index contributed by atoms with van der Waals surface area (Å²) >= 11 is 1.70. The van der Waals surface area contributed by atoms with Gasteiger partial charge in [0.25, 0.3) is 5.91 Å². The van der Waals surface area contributed by atoms with Crippen LogP contribution in [0.4, 0.5) is 10.7 Å². The second-order valence-corrected chi connectivity index (χ2v) is 6.64. The second-order valence-electron chi connectivity index (χ2n) is 5.54. The van der Waals surface area contributed by atoms with E-state index in [4.69, 9.17) is 5.73 Å². The number of nitrogens with two attached hydrogens (primary N) is 1. The number of carbonyl (C=O) groups excluding carboxylic acids is 1. The van der Waals surface area contributed by atoms with Crippen molar-refractivity contribution in [1.82, 2.24) is 5.43 Å². The molecule has 2 heterocycles. The van der Waals surface area contributed by atoms with Crippen LogP contribution in [0.2, 0.25) is 0 Å². The Hall–Kier alpha value is -2.34. The number of benzene rings is 1. The number of nitrogens with zero attached hydrogens (tertiary/aromatic N) is 2. The third kappa shape index (κ3) is 4.10. The van der Waals surface area contributed by atoms with Crippen LogP contribution in [-0.2, 0) is 0 Å². The number of hydrogen-bond acceptors (Lipinski definition) is 5. The molecule has 0 aliphatic carbocycles. The van der Waals surface area contributed by atoms with Crippen molar-refractivity contribution in [2.75, 3.05) is 23.7 Å². The summed E-state index contributed by atoms with van der Waals surface area (Å²) in [5.74, 6) is -0.242. The van der Waals surface area contributed by atoms with E-state index in [1.54, 1.807) is 41.8 Å². The van der Waals surface area contributed by atoms with Gasteiger partial charge in [-0.1, -0.05) is 0 Å². The molecule has 1 fully saturated rings. The third-order valence-corrected chi connectivity index (χ3v) is 4.89. The highest BCUT2D eigenvalue weighted by molar-refractivity contribution is 7.17. The van der Waals surface area contributed by atoms with Gasteiger partial charge in [-0.25, -0.2) is 5.43 Å². The molecular weight excluding hydrogens is 308 g/mol. The Labute approximate surface area is 139 Å². The molecule has 2 aromatic rings. The Kier molecular flexibility index (Phi) is 4.92. The highest BCUT2D eigenvalue weighted by atomic mass is 32.1. The van der Waals surface area contributed by atoms with Crippen molar-refractivity contribution >= 4 is 34.1 Å². The molecular formula is C17H20N4OS. The summed E-state index contributed by atoms with van der Waals surface area (Å²) in [4.78, 5) is 15.4. The fourth-order valence-electron chi connectivity index (χ4n) is 2.55. The summed E-state index contributed by atoms with van der Waals surface area (Å²) in [6.07, 6.45) is 5.54. The first-order valence-corrected chi connectivity index (χ1v) is 8.58. The van der Waals surface area contributed by atoms with Crippen molar-refractivity contribution in [2.24, 2.45) is 5.10 Å². The molecule has 0 spiro atoms. The molecule has 0 bridgehead atoms. The molecule has 1 aliphatic heterocycles. The Balaban J connectivity index is 1.56. The van der Waals surface area contributed by atoms with Crippen molar-refractivity contribution in [2.45, 2.75) is 19.3 Å². The van der Waals surface area contributed by atoms with E-state index < -0.39 is 0 Å². The first-order valence-electron chi connectivity index (χ1n) is 7.76. The van der Waals surface area contributed by atoms with E-state index in [0.29, 0.717) is 11.3 Å². The third-order valence-electron chi connectivity index (χ3n) is 3.81. The molecule has 1 aromatic heterocycles. The Morgan fingerprint density at radius 1 is 1.13 bits per heavy atom. The predicted octanol–water partition coefficient (Wildman–Crippen LogP) is 3.08. The summed E-state index contributed by atoms with van der Waals surface area (Å²) in [6.45, 7) is 2.26. The van der Waals surface area contributed by atoms with Gasteiger partial charge in [-0.2, -0.15) is 5.10 Å². The largest absolute Gasteiger partial charge is 0.399 e. The molecule has 5 nitrogen and oxygen atoms in total. The van der Waals surface area contributed by atoms with Gasteiger partial charge in [0.1, 0.15) is 0 Å². The number of hydrazone groups is 1. The molecule has 120 valence electrons. The maximum Gasteiger partial charge on any atom is 0.271 e. The Morgan fingerprint density at radius 2 is 1.87 bits per heavy atom. The first kappa shape index (κ1) is 15.6. The lowest BCUT2D eigenvalue weighted by molar-refractivity contribution is 0.0955. The van der Waals surface area contributed by atoms with Crippen LogP contribution in [0.5, 0.6) is 0 Å². The lowest BCUT2D eigenvalue weighted by Gasteiger charge is -2.27. The average molecular weight is 328 g/mol.